The molecule has 1 aliphatic carbocycles. The summed E-state index contributed by atoms with van der Waals surface area (Å²) in [7, 11) is 0. The van der Waals surface area contributed by atoms with E-state index in [0.717, 1.165) is 6.42 Å². The molecule has 2 nitrogen and oxygen atoms in total. The van der Waals surface area contributed by atoms with Gasteiger partial charge in [0.05, 0.1) is 6.61 Å². The molecule has 0 bridgehead atoms. The summed E-state index contributed by atoms with van der Waals surface area (Å²) in [6.07, 6.45) is 24.6. The normalized spacial score (nSPS) is 14.4. The highest BCUT2D eigenvalue weighted by molar-refractivity contribution is 5.69. The van der Waals surface area contributed by atoms with E-state index in [9.17, 15) is 4.79 Å². The van der Waals surface area contributed by atoms with Crippen molar-refractivity contribution in [2.45, 2.75) is 110 Å². The van der Waals surface area contributed by atoms with Gasteiger partial charge in [0, 0.05) is 6.42 Å². The number of ether oxygens (including phenoxy) is 1. The smallest absolute Gasteiger partial charge is 0.305 e. The average Bonchev–Trinajstić information content (AvgIpc) is 3.41. The highest BCUT2D eigenvalue weighted by Crippen LogP contribution is 2.28. The number of hydrogen-bond acceptors (Lipinski definition) is 2. The van der Waals surface area contributed by atoms with Crippen molar-refractivity contribution in [2.75, 3.05) is 6.61 Å². The minimum atomic E-state index is 0.0135. The van der Waals surface area contributed by atoms with E-state index in [0.29, 0.717) is 18.9 Å². The van der Waals surface area contributed by atoms with Gasteiger partial charge < -0.3 is 4.74 Å². The number of rotatable bonds is 17. The van der Waals surface area contributed by atoms with Crippen molar-refractivity contribution >= 4 is 5.97 Å². The van der Waals surface area contributed by atoms with Crippen LogP contribution in [-0.4, -0.2) is 12.6 Å². The van der Waals surface area contributed by atoms with Gasteiger partial charge in [-0.05, 0) is 50.9 Å². The van der Waals surface area contributed by atoms with Crippen LogP contribution in [0.1, 0.15) is 110 Å². The van der Waals surface area contributed by atoms with E-state index in [4.69, 9.17) is 4.74 Å². The predicted molar refractivity (Wildman–Crippen MR) is 103 cm³/mol. The van der Waals surface area contributed by atoms with Crippen molar-refractivity contribution in [3.8, 4) is 0 Å². The Hall–Kier alpha value is -0.790. The van der Waals surface area contributed by atoms with Crippen molar-refractivity contribution < 1.29 is 9.53 Å². The van der Waals surface area contributed by atoms with Gasteiger partial charge >= 0.3 is 5.97 Å². The zero-order chi connectivity index (χ0) is 17.3. The molecule has 1 rings (SSSR count). The first-order valence-electron chi connectivity index (χ1n) is 10.6. The van der Waals surface area contributed by atoms with Crippen LogP contribution in [0.2, 0.25) is 0 Å². The van der Waals surface area contributed by atoms with E-state index >= 15 is 0 Å². The van der Waals surface area contributed by atoms with Crippen LogP contribution < -0.4 is 0 Å². The number of carbonyl (C=O) groups excluding carboxylic acids is 1. The van der Waals surface area contributed by atoms with E-state index in [2.05, 4.69) is 19.1 Å². The Morgan fingerprint density at radius 3 is 1.96 bits per heavy atom. The number of hydrogen-bond donors (Lipinski definition) is 0. The molecule has 2 heteroatoms. The molecule has 0 heterocycles. The van der Waals surface area contributed by atoms with E-state index in [1.807, 2.05) is 0 Å². The zero-order valence-electron chi connectivity index (χ0n) is 16.1. The molecular formula is C22H40O2. The third-order valence-electron chi connectivity index (χ3n) is 4.82. The van der Waals surface area contributed by atoms with Crippen molar-refractivity contribution in [1.82, 2.24) is 0 Å². The van der Waals surface area contributed by atoms with Gasteiger partial charge in [0.25, 0.3) is 0 Å². The zero-order valence-corrected chi connectivity index (χ0v) is 16.1. The fourth-order valence-corrected chi connectivity index (χ4v) is 2.91. The Bertz CT molecular complexity index is 318. The Morgan fingerprint density at radius 1 is 0.833 bits per heavy atom. The first kappa shape index (κ1) is 21.3. The summed E-state index contributed by atoms with van der Waals surface area (Å²) in [6.45, 7) is 2.94. The lowest BCUT2D eigenvalue weighted by molar-refractivity contribution is -0.144. The van der Waals surface area contributed by atoms with Gasteiger partial charge in [0.15, 0.2) is 0 Å². The Labute approximate surface area is 150 Å². The maximum atomic E-state index is 11.5. The van der Waals surface area contributed by atoms with Crippen LogP contribution in [-0.2, 0) is 9.53 Å². The van der Waals surface area contributed by atoms with Crippen LogP contribution in [0.25, 0.3) is 0 Å². The highest BCUT2D eigenvalue weighted by Gasteiger charge is 2.22. The Balaban J connectivity index is 1.72. The first-order chi connectivity index (χ1) is 11.8. The quantitative estimate of drug-likeness (QED) is 0.163. The van der Waals surface area contributed by atoms with Crippen LogP contribution in [0.15, 0.2) is 12.2 Å². The molecular weight excluding hydrogens is 296 g/mol. The predicted octanol–water partition coefficient (Wildman–Crippen LogP) is 6.98. The lowest BCUT2D eigenvalue weighted by atomic mass is 10.1. The van der Waals surface area contributed by atoms with Gasteiger partial charge in [0.2, 0.25) is 0 Å². The topological polar surface area (TPSA) is 26.3 Å². The fourth-order valence-electron chi connectivity index (χ4n) is 2.91. The molecule has 0 spiro atoms. The maximum Gasteiger partial charge on any atom is 0.305 e. The van der Waals surface area contributed by atoms with Crippen LogP contribution in [0, 0.1) is 5.92 Å². The molecule has 1 saturated carbocycles. The second-order valence-corrected chi connectivity index (χ2v) is 7.46. The third-order valence-corrected chi connectivity index (χ3v) is 4.82. The van der Waals surface area contributed by atoms with Gasteiger partial charge in [0.1, 0.15) is 0 Å². The standard InChI is InChI=1S/C22H40O2/c1-2-3-4-5-6-7-8-9-10-11-12-13-14-15-16-17-22(23)24-20-21-18-19-21/h9-10,21H,2-8,11-20H2,1H3. The maximum absolute atomic E-state index is 11.5. The number of carbonyl (C=O) groups is 1. The molecule has 0 radical (unpaired) electrons. The lowest BCUT2D eigenvalue weighted by Crippen LogP contribution is -2.06. The summed E-state index contributed by atoms with van der Waals surface area (Å²) in [5.41, 5.74) is 0. The highest BCUT2D eigenvalue weighted by atomic mass is 16.5. The van der Waals surface area contributed by atoms with E-state index in [1.54, 1.807) is 0 Å². The molecule has 0 aromatic heterocycles. The van der Waals surface area contributed by atoms with Crippen LogP contribution in [0.5, 0.6) is 0 Å². The van der Waals surface area contributed by atoms with Crippen molar-refractivity contribution in [3.05, 3.63) is 12.2 Å². The largest absolute Gasteiger partial charge is 0.465 e. The van der Waals surface area contributed by atoms with E-state index < -0.39 is 0 Å². The SMILES string of the molecule is CCCCCCCCC=CCCCCCCCC(=O)OCC1CC1. The summed E-state index contributed by atoms with van der Waals surface area (Å²) in [4.78, 5) is 11.5. The van der Waals surface area contributed by atoms with Crippen molar-refractivity contribution in [2.24, 2.45) is 5.92 Å². The van der Waals surface area contributed by atoms with E-state index in [1.165, 1.54) is 89.9 Å². The number of esters is 1. The second kappa shape index (κ2) is 15.7. The summed E-state index contributed by atoms with van der Waals surface area (Å²) in [6, 6.07) is 0. The minimum absolute atomic E-state index is 0.0135. The van der Waals surface area contributed by atoms with Gasteiger partial charge in [-0.15, -0.1) is 0 Å². The molecule has 0 unspecified atom stereocenters. The van der Waals surface area contributed by atoms with Gasteiger partial charge in [-0.2, -0.15) is 0 Å². The summed E-state index contributed by atoms with van der Waals surface area (Å²) < 4.78 is 5.24. The fraction of sp³-hybridized carbons (Fsp3) is 0.864. The minimum Gasteiger partial charge on any atom is -0.465 e. The van der Waals surface area contributed by atoms with Crippen LogP contribution >= 0.6 is 0 Å². The molecule has 0 aromatic rings. The molecule has 140 valence electrons. The summed E-state index contributed by atoms with van der Waals surface area (Å²) in [5.74, 6) is 0.697. The average molecular weight is 337 g/mol. The Morgan fingerprint density at radius 2 is 1.38 bits per heavy atom. The van der Waals surface area contributed by atoms with Gasteiger partial charge in [-0.3, -0.25) is 4.79 Å². The molecule has 24 heavy (non-hydrogen) atoms. The molecule has 0 aromatic carbocycles. The number of unbranched alkanes of at least 4 members (excludes halogenated alkanes) is 11. The summed E-state index contributed by atoms with van der Waals surface area (Å²) >= 11 is 0. The molecule has 1 fully saturated rings. The van der Waals surface area contributed by atoms with Crippen LogP contribution in [0.3, 0.4) is 0 Å². The van der Waals surface area contributed by atoms with Gasteiger partial charge in [-0.25, -0.2) is 0 Å². The summed E-state index contributed by atoms with van der Waals surface area (Å²) in [5, 5.41) is 0. The first-order valence-corrected chi connectivity index (χ1v) is 10.6. The molecule has 1 aliphatic rings. The number of allylic oxidation sites excluding steroid dienone is 2. The molecule has 0 N–H and O–H groups in total. The molecule has 0 atom stereocenters. The van der Waals surface area contributed by atoms with Crippen molar-refractivity contribution in [1.29, 1.82) is 0 Å². The van der Waals surface area contributed by atoms with E-state index in [-0.39, 0.29) is 5.97 Å². The van der Waals surface area contributed by atoms with Gasteiger partial charge in [-0.1, -0.05) is 70.4 Å². The molecule has 0 saturated heterocycles. The lowest BCUT2D eigenvalue weighted by Gasteiger charge is -2.03. The molecule has 0 amide bonds. The third kappa shape index (κ3) is 14.8. The van der Waals surface area contributed by atoms with Crippen LogP contribution in [0.4, 0.5) is 0 Å². The van der Waals surface area contributed by atoms with Crippen molar-refractivity contribution in [3.63, 3.8) is 0 Å². The molecule has 0 aliphatic heterocycles. The Kier molecular flexibility index (Phi) is 13.9. The second-order valence-electron chi connectivity index (χ2n) is 7.46. The monoisotopic (exact) mass is 336 g/mol.